The first-order chi connectivity index (χ1) is 16.1. The third-order valence-electron chi connectivity index (χ3n) is 7.10. The Balaban J connectivity index is 1.20. The van der Waals surface area contributed by atoms with Crippen molar-refractivity contribution >= 4 is 22.9 Å². The van der Waals surface area contributed by atoms with Crippen molar-refractivity contribution in [3.05, 3.63) is 83.0 Å². The average Bonchev–Trinajstić information content (AvgIpc) is 3.57. The molecular weight excluding hydrogens is 414 g/mol. The SMILES string of the molecule is O=C(N[C@@H]1C[C@H]2CC[C@@H]1C2)c1ccc(Nc2ccc(-c3cc[nH]c(=O)c3)n3ccnc23)cc1. The Labute approximate surface area is 190 Å². The van der Waals surface area contributed by atoms with E-state index in [-0.39, 0.29) is 11.5 Å². The molecule has 3 N–H and O–H groups in total. The summed E-state index contributed by atoms with van der Waals surface area (Å²) >= 11 is 0. The van der Waals surface area contributed by atoms with Gasteiger partial charge in [-0.05, 0) is 73.6 Å². The maximum absolute atomic E-state index is 12.7. The van der Waals surface area contributed by atoms with Crippen LogP contribution in [0, 0.1) is 11.8 Å². The van der Waals surface area contributed by atoms with Crippen LogP contribution in [0.5, 0.6) is 0 Å². The van der Waals surface area contributed by atoms with Crippen LogP contribution in [0.4, 0.5) is 11.4 Å². The van der Waals surface area contributed by atoms with Crippen molar-refractivity contribution in [3.63, 3.8) is 0 Å². The first-order valence-electron chi connectivity index (χ1n) is 11.5. The molecule has 7 nitrogen and oxygen atoms in total. The molecule has 2 saturated carbocycles. The number of anilines is 2. The molecule has 2 fully saturated rings. The summed E-state index contributed by atoms with van der Waals surface area (Å²) < 4.78 is 1.95. The number of carbonyl (C=O) groups is 1. The number of nitrogens with zero attached hydrogens (tertiary/aromatic N) is 2. The number of imidazole rings is 1. The number of rotatable bonds is 5. The predicted octanol–water partition coefficient (Wildman–Crippen LogP) is 4.35. The smallest absolute Gasteiger partial charge is 0.251 e. The molecule has 0 aliphatic heterocycles. The van der Waals surface area contributed by atoms with Crippen molar-refractivity contribution < 1.29 is 4.79 Å². The highest BCUT2D eigenvalue weighted by molar-refractivity contribution is 5.95. The van der Waals surface area contributed by atoms with Crippen molar-refractivity contribution in [2.75, 3.05) is 5.32 Å². The van der Waals surface area contributed by atoms with Crippen molar-refractivity contribution in [3.8, 4) is 11.3 Å². The molecule has 0 saturated heterocycles. The van der Waals surface area contributed by atoms with E-state index in [1.807, 2.05) is 53.1 Å². The average molecular weight is 440 g/mol. The number of amides is 1. The van der Waals surface area contributed by atoms with E-state index in [0.29, 0.717) is 17.5 Å². The Bertz CT molecular complexity index is 1390. The van der Waals surface area contributed by atoms with Gasteiger partial charge in [0.25, 0.3) is 5.91 Å². The van der Waals surface area contributed by atoms with Crippen LogP contribution in [0.15, 0.2) is 71.9 Å². The van der Waals surface area contributed by atoms with E-state index in [1.165, 1.54) is 19.3 Å². The Kier molecular flexibility index (Phi) is 4.75. The molecule has 3 heterocycles. The molecule has 1 aromatic carbocycles. The van der Waals surface area contributed by atoms with Crippen molar-refractivity contribution in [1.82, 2.24) is 19.7 Å². The van der Waals surface area contributed by atoms with Gasteiger partial charge in [-0.3, -0.25) is 14.0 Å². The summed E-state index contributed by atoms with van der Waals surface area (Å²) in [5, 5.41) is 6.65. The number of nitrogens with one attached hydrogen (secondary N) is 3. The molecule has 2 aliphatic carbocycles. The lowest BCUT2D eigenvalue weighted by atomic mass is 9.95. The number of fused-ring (bicyclic) bond motifs is 3. The molecule has 166 valence electrons. The molecular formula is C26H25N5O2. The molecule has 1 amide bonds. The number of carbonyl (C=O) groups excluding carboxylic acids is 1. The summed E-state index contributed by atoms with van der Waals surface area (Å²) in [5.74, 6) is 1.48. The van der Waals surface area contributed by atoms with Gasteiger partial charge < -0.3 is 15.6 Å². The number of hydrogen-bond donors (Lipinski definition) is 3. The van der Waals surface area contributed by atoms with Gasteiger partial charge in [0.15, 0.2) is 5.65 Å². The van der Waals surface area contributed by atoms with Gasteiger partial charge in [0.2, 0.25) is 5.56 Å². The monoisotopic (exact) mass is 439 g/mol. The number of aromatic nitrogens is 3. The first kappa shape index (κ1) is 19.8. The number of H-pyrrole nitrogens is 1. The van der Waals surface area contributed by atoms with Crippen LogP contribution in [0.3, 0.4) is 0 Å². The van der Waals surface area contributed by atoms with Gasteiger partial charge in [0, 0.05) is 47.5 Å². The summed E-state index contributed by atoms with van der Waals surface area (Å²) in [6.07, 6.45) is 10.2. The van der Waals surface area contributed by atoms with Crippen LogP contribution in [0.1, 0.15) is 36.0 Å². The Hall–Kier alpha value is -3.87. The highest BCUT2D eigenvalue weighted by atomic mass is 16.1. The van der Waals surface area contributed by atoms with Crippen LogP contribution in [-0.2, 0) is 0 Å². The van der Waals surface area contributed by atoms with E-state index in [2.05, 4.69) is 20.6 Å². The van der Waals surface area contributed by atoms with Gasteiger partial charge in [0.05, 0.1) is 11.4 Å². The molecule has 0 radical (unpaired) electrons. The normalized spacial score (nSPS) is 21.4. The Morgan fingerprint density at radius 2 is 1.94 bits per heavy atom. The topological polar surface area (TPSA) is 91.3 Å². The Morgan fingerprint density at radius 1 is 1.06 bits per heavy atom. The number of hydrogen-bond acceptors (Lipinski definition) is 4. The zero-order valence-electron chi connectivity index (χ0n) is 18.1. The van der Waals surface area contributed by atoms with Crippen LogP contribution < -0.4 is 16.2 Å². The third-order valence-corrected chi connectivity index (χ3v) is 7.10. The molecule has 3 aromatic heterocycles. The summed E-state index contributed by atoms with van der Waals surface area (Å²) in [6, 6.07) is 15.2. The quantitative estimate of drug-likeness (QED) is 0.431. The van der Waals surface area contributed by atoms with E-state index < -0.39 is 0 Å². The lowest BCUT2D eigenvalue weighted by Crippen LogP contribution is -2.38. The predicted molar refractivity (Wildman–Crippen MR) is 128 cm³/mol. The zero-order valence-corrected chi connectivity index (χ0v) is 18.1. The van der Waals surface area contributed by atoms with Crippen molar-refractivity contribution in [1.29, 1.82) is 0 Å². The fourth-order valence-electron chi connectivity index (χ4n) is 5.48. The van der Waals surface area contributed by atoms with Gasteiger partial charge in [0.1, 0.15) is 0 Å². The van der Waals surface area contributed by atoms with E-state index in [1.54, 1.807) is 18.5 Å². The summed E-state index contributed by atoms with van der Waals surface area (Å²) in [7, 11) is 0. The van der Waals surface area contributed by atoms with E-state index in [4.69, 9.17) is 0 Å². The summed E-state index contributed by atoms with van der Waals surface area (Å²) in [6.45, 7) is 0. The van der Waals surface area contributed by atoms with Crippen LogP contribution in [0.2, 0.25) is 0 Å². The molecule has 7 heteroatoms. The highest BCUT2D eigenvalue weighted by Crippen LogP contribution is 2.44. The lowest BCUT2D eigenvalue weighted by Gasteiger charge is -2.22. The van der Waals surface area contributed by atoms with Gasteiger partial charge in [-0.2, -0.15) is 0 Å². The van der Waals surface area contributed by atoms with Gasteiger partial charge in [-0.15, -0.1) is 0 Å². The van der Waals surface area contributed by atoms with Crippen molar-refractivity contribution in [2.24, 2.45) is 11.8 Å². The highest BCUT2D eigenvalue weighted by Gasteiger charge is 2.40. The molecule has 4 aromatic rings. The van der Waals surface area contributed by atoms with Crippen molar-refractivity contribution in [2.45, 2.75) is 31.7 Å². The van der Waals surface area contributed by atoms with Gasteiger partial charge in [-0.1, -0.05) is 6.42 Å². The van der Waals surface area contributed by atoms with E-state index in [0.717, 1.165) is 40.6 Å². The standard InChI is InChI=1S/C26H25N5O2/c32-24-15-19(9-10-27-24)23-8-7-21(25-28-11-12-31(23)25)29-20-5-3-17(4-6-20)26(33)30-22-14-16-1-2-18(22)13-16/h3-12,15-16,18,22,29H,1-2,13-14H2,(H,27,32)(H,30,33)/t16-,18+,22+/m0/s1. The van der Waals surface area contributed by atoms with Crippen LogP contribution in [-0.4, -0.2) is 26.3 Å². The van der Waals surface area contributed by atoms with Gasteiger partial charge >= 0.3 is 0 Å². The van der Waals surface area contributed by atoms with Gasteiger partial charge in [-0.25, -0.2) is 4.98 Å². The lowest BCUT2D eigenvalue weighted by molar-refractivity contribution is 0.0923. The minimum Gasteiger partial charge on any atom is -0.352 e. The fraction of sp³-hybridized carbons (Fsp3) is 0.269. The van der Waals surface area contributed by atoms with E-state index >= 15 is 0 Å². The molecule has 2 bridgehead atoms. The fourth-order valence-corrected chi connectivity index (χ4v) is 5.48. The maximum atomic E-state index is 12.7. The third kappa shape index (κ3) is 3.69. The van der Waals surface area contributed by atoms with Crippen LogP contribution in [0.25, 0.3) is 16.9 Å². The number of benzene rings is 1. The molecule has 2 aliphatic rings. The number of pyridine rings is 2. The summed E-state index contributed by atoms with van der Waals surface area (Å²) in [4.78, 5) is 31.6. The first-order valence-corrected chi connectivity index (χ1v) is 11.5. The largest absolute Gasteiger partial charge is 0.352 e. The zero-order chi connectivity index (χ0) is 22.4. The van der Waals surface area contributed by atoms with E-state index in [9.17, 15) is 9.59 Å². The maximum Gasteiger partial charge on any atom is 0.251 e. The molecule has 0 spiro atoms. The molecule has 0 unspecified atom stereocenters. The second-order valence-corrected chi connectivity index (χ2v) is 9.15. The molecule has 3 atom stereocenters. The summed E-state index contributed by atoms with van der Waals surface area (Å²) in [5.41, 5.74) is 4.70. The Morgan fingerprint density at radius 3 is 2.70 bits per heavy atom. The molecule has 33 heavy (non-hydrogen) atoms. The minimum absolute atomic E-state index is 0.0111. The number of aromatic amines is 1. The second kappa shape index (κ2) is 7.92. The van der Waals surface area contributed by atoms with Crippen LogP contribution >= 0.6 is 0 Å². The second-order valence-electron chi connectivity index (χ2n) is 9.15. The minimum atomic E-state index is -0.146. The molecule has 6 rings (SSSR count).